The summed E-state index contributed by atoms with van der Waals surface area (Å²) in [6.07, 6.45) is 6.28. The lowest BCUT2D eigenvalue weighted by Crippen LogP contribution is -2.22. The van der Waals surface area contributed by atoms with Crippen molar-refractivity contribution in [2.24, 2.45) is 0 Å². The van der Waals surface area contributed by atoms with E-state index in [1.165, 1.54) is 19.3 Å². The average Bonchev–Trinajstić information content (AvgIpc) is 3.38. The normalized spacial score (nSPS) is 17.8. The summed E-state index contributed by atoms with van der Waals surface area (Å²) in [5.41, 5.74) is 5.22. The minimum atomic E-state index is -0.189. The number of nitrogens with one attached hydrogen (secondary N) is 1. The Balaban J connectivity index is 1.51. The summed E-state index contributed by atoms with van der Waals surface area (Å²) in [5.74, 6) is 1.10. The fourth-order valence-electron chi connectivity index (χ4n) is 5.93. The predicted octanol–water partition coefficient (Wildman–Crippen LogP) is 6.93. The molecule has 2 aromatic heterocycles. The Labute approximate surface area is 220 Å². The second-order valence-electron chi connectivity index (χ2n) is 9.78. The summed E-state index contributed by atoms with van der Waals surface area (Å²) in [6.45, 7) is 1.04. The summed E-state index contributed by atoms with van der Waals surface area (Å²) in [4.78, 5) is 3.66. The molecule has 1 atom stereocenters. The van der Waals surface area contributed by atoms with Crippen LogP contribution in [0.2, 0.25) is 5.02 Å². The van der Waals surface area contributed by atoms with Crippen LogP contribution < -0.4 is 4.74 Å². The van der Waals surface area contributed by atoms with Gasteiger partial charge in [-0.2, -0.15) is 0 Å². The molecule has 1 saturated carbocycles. The Morgan fingerprint density at radius 1 is 1.06 bits per heavy atom. The molecule has 0 bridgehead atoms. The molecule has 6 nitrogen and oxygen atoms in total. The fourth-order valence-corrected chi connectivity index (χ4v) is 6.56. The van der Waals surface area contributed by atoms with Crippen molar-refractivity contribution in [3.05, 3.63) is 74.8 Å². The number of hydrogen-bond donors (Lipinski definition) is 2. The number of fused-ring (bicyclic) bond motifs is 4. The lowest BCUT2D eigenvalue weighted by atomic mass is 9.93. The largest absolute Gasteiger partial charge is 0.493 e. The number of ether oxygens (including phenoxy) is 2. The molecule has 1 fully saturated rings. The van der Waals surface area contributed by atoms with Gasteiger partial charge in [0, 0.05) is 41.2 Å². The first kappa shape index (κ1) is 23.6. The number of nitrogens with zero attached hydrogens (tertiary/aromatic N) is 2. The molecule has 2 aliphatic rings. The molecule has 0 amide bonds. The maximum absolute atomic E-state index is 11.5. The zero-order valence-electron chi connectivity index (χ0n) is 20.3. The molecule has 3 heterocycles. The molecule has 36 heavy (non-hydrogen) atoms. The molecule has 1 aliphatic heterocycles. The van der Waals surface area contributed by atoms with Gasteiger partial charge in [0.05, 0.1) is 12.3 Å². The van der Waals surface area contributed by atoms with E-state index < -0.39 is 0 Å². The van der Waals surface area contributed by atoms with Crippen LogP contribution in [-0.4, -0.2) is 39.5 Å². The van der Waals surface area contributed by atoms with Gasteiger partial charge in [-0.1, -0.05) is 43.0 Å². The van der Waals surface area contributed by atoms with E-state index in [1.54, 1.807) is 7.11 Å². The molecular formula is C28H30ClN3O3S. The average molecular weight is 524 g/mol. The number of hydrogen-bond acceptors (Lipinski definition) is 4. The van der Waals surface area contributed by atoms with Gasteiger partial charge in [0.2, 0.25) is 5.88 Å². The smallest absolute Gasteiger partial charge is 0.214 e. The number of rotatable bonds is 6. The number of aromatic amines is 1. The predicted molar refractivity (Wildman–Crippen MR) is 144 cm³/mol. The van der Waals surface area contributed by atoms with Gasteiger partial charge in [-0.3, -0.25) is 4.57 Å². The highest BCUT2D eigenvalue weighted by Crippen LogP contribution is 2.45. The SMILES string of the molecule is COCCOc1ccc(C2c3[nH]c4ccc(Cl)cc4c3Cc3c(O)n(C4CCCCC4)c(=S)n32)cc1. The van der Waals surface area contributed by atoms with Crippen LogP contribution >= 0.6 is 23.8 Å². The first-order valence-corrected chi connectivity index (χ1v) is 13.4. The van der Waals surface area contributed by atoms with Crippen molar-refractivity contribution in [3.63, 3.8) is 0 Å². The highest BCUT2D eigenvalue weighted by atomic mass is 35.5. The maximum Gasteiger partial charge on any atom is 0.214 e. The van der Waals surface area contributed by atoms with E-state index >= 15 is 0 Å². The molecule has 4 aromatic rings. The molecule has 188 valence electrons. The van der Waals surface area contributed by atoms with Crippen molar-refractivity contribution in [3.8, 4) is 11.6 Å². The van der Waals surface area contributed by atoms with E-state index in [2.05, 4.69) is 21.7 Å². The number of halogens is 1. The van der Waals surface area contributed by atoms with Crippen LogP contribution in [-0.2, 0) is 11.2 Å². The van der Waals surface area contributed by atoms with E-state index in [0.29, 0.717) is 35.3 Å². The molecule has 2 aromatic carbocycles. The quantitative estimate of drug-likeness (QED) is 0.187. The van der Waals surface area contributed by atoms with Crippen molar-refractivity contribution in [2.75, 3.05) is 20.3 Å². The lowest BCUT2D eigenvalue weighted by molar-refractivity contribution is 0.146. The fraction of sp³-hybridized carbons (Fsp3) is 0.393. The van der Waals surface area contributed by atoms with Crippen LogP contribution in [0.25, 0.3) is 10.9 Å². The van der Waals surface area contributed by atoms with Gasteiger partial charge in [0.25, 0.3) is 0 Å². The zero-order chi connectivity index (χ0) is 24.8. The van der Waals surface area contributed by atoms with Crippen molar-refractivity contribution in [1.82, 2.24) is 14.1 Å². The third-order valence-corrected chi connectivity index (χ3v) is 8.29. The molecule has 1 unspecified atom stereocenters. The Kier molecular flexibility index (Phi) is 6.32. The van der Waals surface area contributed by atoms with Gasteiger partial charge in [-0.25, -0.2) is 0 Å². The van der Waals surface area contributed by atoms with Crippen molar-refractivity contribution in [1.29, 1.82) is 0 Å². The molecule has 8 heteroatoms. The molecule has 1 aliphatic carbocycles. The monoisotopic (exact) mass is 523 g/mol. The Bertz CT molecular complexity index is 1460. The number of imidazole rings is 1. The van der Waals surface area contributed by atoms with E-state index in [9.17, 15) is 5.11 Å². The van der Waals surface area contributed by atoms with E-state index in [0.717, 1.165) is 52.0 Å². The van der Waals surface area contributed by atoms with Crippen LogP contribution in [0.5, 0.6) is 11.6 Å². The van der Waals surface area contributed by atoms with Crippen molar-refractivity contribution in [2.45, 2.75) is 50.6 Å². The third kappa shape index (κ3) is 3.94. The molecule has 0 radical (unpaired) electrons. The first-order valence-electron chi connectivity index (χ1n) is 12.6. The summed E-state index contributed by atoms with van der Waals surface area (Å²) in [7, 11) is 1.66. The van der Waals surface area contributed by atoms with Gasteiger partial charge < -0.3 is 24.1 Å². The summed E-state index contributed by atoms with van der Waals surface area (Å²) in [5, 5.41) is 13.3. The standard InChI is InChI=1S/C28H30ClN3O3S/c1-34-13-14-35-20-10-7-17(8-11-20)26-25-22(21-15-18(29)9-12-23(21)30-25)16-24-27(33)31(28(36)32(24)26)19-5-3-2-4-6-19/h7-12,15,19,26,30,33H,2-6,13-14,16H2,1H3. The molecule has 2 N–H and O–H groups in total. The summed E-state index contributed by atoms with van der Waals surface area (Å²) < 4.78 is 15.7. The number of aromatic nitrogens is 3. The topological polar surface area (TPSA) is 64.3 Å². The van der Waals surface area contributed by atoms with Crippen LogP contribution in [0.15, 0.2) is 42.5 Å². The van der Waals surface area contributed by atoms with Gasteiger partial charge in [0.1, 0.15) is 18.4 Å². The van der Waals surface area contributed by atoms with Gasteiger partial charge in [0.15, 0.2) is 4.77 Å². The highest BCUT2D eigenvalue weighted by molar-refractivity contribution is 7.71. The van der Waals surface area contributed by atoms with E-state index in [4.69, 9.17) is 33.3 Å². The lowest BCUT2D eigenvalue weighted by Gasteiger charge is -2.27. The van der Waals surface area contributed by atoms with E-state index in [-0.39, 0.29) is 12.1 Å². The van der Waals surface area contributed by atoms with E-state index in [1.807, 2.05) is 34.9 Å². The number of benzene rings is 2. The summed E-state index contributed by atoms with van der Waals surface area (Å²) >= 11 is 12.5. The van der Waals surface area contributed by atoms with Crippen LogP contribution in [0.4, 0.5) is 0 Å². The Morgan fingerprint density at radius 2 is 1.83 bits per heavy atom. The number of methoxy groups -OCH3 is 1. The summed E-state index contributed by atoms with van der Waals surface area (Å²) in [6, 6.07) is 14.1. The molecular weight excluding hydrogens is 494 g/mol. The Hall–Kier alpha value is -2.74. The molecule has 6 rings (SSSR count). The second kappa shape index (κ2) is 9.61. The second-order valence-corrected chi connectivity index (χ2v) is 10.6. The highest BCUT2D eigenvalue weighted by Gasteiger charge is 2.35. The van der Waals surface area contributed by atoms with Gasteiger partial charge in [-0.15, -0.1) is 0 Å². The van der Waals surface area contributed by atoms with Crippen molar-refractivity contribution >= 4 is 34.7 Å². The number of H-pyrrole nitrogens is 1. The van der Waals surface area contributed by atoms with Gasteiger partial charge in [-0.05, 0) is 66.5 Å². The van der Waals surface area contributed by atoms with Crippen LogP contribution in [0, 0.1) is 4.77 Å². The molecule has 0 saturated heterocycles. The van der Waals surface area contributed by atoms with Gasteiger partial charge >= 0.3 is 0 Å². The third-order valence-electron chi connectivity index (χ3n) is 7.66. The molecule has 0 spiro atoms. The van der Waals surface area contributed by atoms with Crippen LogP contribution in [0.3, 0.4) is 0 Å². The van der Waals surface area contributed by atoms with Crippen LogP contribution in [0.1, 0.15) is 66.7 Å². The minimum Gasteiger partial charge on any atom is -0.493 e. The number of aromatic hydroxyl groups is 1. The van der Waals surface area contributed by atoms with Crippen molar-refractivity contribution < 1.29 is 14.6 Å². The Morgan fingerprint density at radius 3 is 2.58 bits per heavy atom. The zero-order valence-corrected chi connectivity index (χ0v) is 21.9. The minimum absolute atomic E-state index is 0.189. The maximum atomic E-state index is 11.5. The first-order chi connectivity index (χ1) is 17.6.